The zero-order valence-electron chi connectivity index (χ0n) is 17.3. The highest BCUT2D eigenvalue weighted by Crippen LogP contribution is 2.19. The molecule has 0 unspecified atom stereocenters. The second-order valence-electron chi connectivity index (χ2n) is 7.57. The van der Waals surface area contributed by atoms with Crippen LogP contribution >= 0.6 is 0 Å². The van der Waals surface area contributed by atoms with Crippen LogP contribution in [0.25, 0.3) is 0 Å². The van der Waals surface area contributed by atoms with E-state index in [1.807, 2.05) is 0 Å². The lowest BCUT2D eigenvalue weighted by molar-refractivity contribution is 0.0831. The molecule has 0 aliphatic rings. The molecule has 0 saturated carbocycles. The van der Waals surface area contributed by atoms with Crippen LogP contribution in [-0.2, 0) is 0 Å². The summed E-state index contributed by atoms with van der Waals surface area (Å²) in [5.41, 5.74) is 0.0264. The van der Waals surface area contributed by atoms with Crippen molar-refractivity contribution in [1.29, 1.82) is 0 Å². The molecule has 0 aliphatic carbocycles. The molecule has 2 nitrogen and oxygen atoms in total. The molecular formula is C24H39FO2. The summed E-state index contributed by atoms with van der Waals surface area (Å²) in [5.74, 6) is 0.357. The molecule has 154 valence electrons. The molecule has 27 heavy (non-hydrogen) atoms. The summed E-state index contributed by atoms with van der Waals surface area (Å²) in [5, 5.41) is 0. The Kier molecular flexibility index (Phi) is 14.7. The summed E-state index contributed by atoms with van der Waals surface area (Å²) in [6.07, 6.45) is 19.9. The SMILES string of the molecule is CCCCCCCCCCCCCCCCCOc1ccccc1C(=O)F. The summed E-state index contributed by atoms with van der Waals surface area (Å²) < 4.78 is 18.4. The van der Waals surface area contributed by atoms with E-state index in [-0.39, 0.29) is 5.56 Å². The zero-order chi connectivity index (χ0) is 19.6. The summed E-state index contributed by atoms with van der Waals surface area (Å²) in [7, 11) is 0. The molecule has 0 fully saturated rings. The summed E-state index contributed by atoms with van der Waals surface area (Å²) in [6, 6.07) is 5.09. The number of para-hydroxylation sites is 1. The van der Waals surface area contributed by atoms with Crippen molar-refractivity contribution in [3.05, 3.63) is 29.8 Å². The van der Waals surface area contributed by atoms with Gasteiger partial charge in [-0.3, -0.25) is 4.79 Å². The Balaban J connectivity index is 1.85. The van der Waals surface area contributed by atoms with Crippen LogP contribution in [0.15, 0.2) is 24.3 Å². The molecule has 0 amide bonds. The average Bonchev–Trinajstić information content (AvgIpc) is 2.68. The van der Waals surface area contributed by atoms with E-state index in [0.717, 1.165) is 12.8 Å². The quantitative estimate of drug-likeness (QED) is 0.191. The van der Waals surface area contributed by atoms with Crippen LogP contribution in [0.1, 0.15) is 114 Å². The zero-order valence-corrected chi connectivity index (χ0v) is 17.3. The number of unbranched alkanes of at least 4 members (excludes halogenated alkanes) is 14. The smallest absolute Gasteiger partial charge is 0.335 e. The summed E-state index contributed by atoms with van der Waals surface area (Å²) >= 11 is 0. The number of carbonyl (C=O) groups is 1. The summed E-state index contributed by atoms with van der Waals surface area (Å²) in [4.78, 5) is 10.9. The second-order valence-corrected chi connectivity index (χ2v) is 7.57. The van der Waals surface area contributed by atoms with Gasteiger partial charge in [-0.05, 0) is 18.6 Å². The Bertz CT molecular complexity index is 487. The van der Waals surface area contributed by atoms with Crippen molar-refractivity contribution >= 4 is 6.04 Å². The van der Waals surface area contributed by atoms with Gasteiger partial charge in [-0.1, -0.05) is 109 Å². The van der Waals surface area contributed by atoms with Crippen LogP contribution in [0.5, 0.6) is 5.75 Å². The fourth-order valence-corrected chi connectivity index (χ4v) is 3.41. The molecule has 1 aromatic rings. The van der Waals surface area contributed by atoms with E-state index >= 15 is 0 Å². The van der Waals surface area contributed by atoms with Crippen LogP contribution in [0, 0.1) is 0 Å². The van der Waals surface area contributed by atoms with Crippen LogP contribution < -0.4 is 4.74 Å². The molecule has 0 atom stereocenters. The fraction of sp³-hybridized carbons (Fsp3) is 0.708. The average molecular weight is 379 g/mol. The van der Waals surface area contributed by atoms with Gasteiger partial charge in [-0.2, -0.15) is 4.39 Å². The number of ether oxygens (including phenoxy) is 1. The number of hydrogen-bond acceptors (Lipinski definition) is 2. The fourth-order valence-electron chi connectivity index (χ4n) is 3.41. The van der Waals surface area contributed by atoms with E-state index in [1.165, 1.54) is 89.5 Å². The summed E-state index contributed by atoms with van der Waals surface area (Å²) in [6.45, 7) is 2.81. The largest absolute Gasteiger partial charge is 0.493 e. The first-order valence-corrected chi connectivity index (χ1v) is 11.2. The minimum atomic E-state index is -1.43. The van der Waals surface area contributed by atoms with Gasteiger partial charge in [0.15, 0.2) is 0 Å². The Labute approximate surface area is 165 Å². The van der Waals surface area contributed by atoms with Crippen LogP contribution in [0.2, 0.25) is 0 Å². The van der Waals surface area contributed by atoms with Crippen molar-refractivity contribution in [3.63, 3.8) is 0 Å². The lowest BCUT2D eigenvalue weighted by Crippen LogP contribution is -2.02. The van der Waals surface area contributed by atoms with Crippen molar-refractivity contribution < 1.29 is 13.9 Å². The standard InChI is InChI=1S/C24H39FO2/c1-2-3-4-5-6-7-8-9-10-11-12-13-14-15-18-21-27-23-20-17-16-19-22(23)24(25)26/h16-17,19-20H,2-15,18,21H2,1H3. The number of rotatable bonds is 18. The highest BCUT2D eigenvalue weighted by atomic mass is 19.1. The van der Waals surface area contributed by atoms with Gasteiger partial charge in [-0.25, -0.2) is 0 Å². The molecular weight excluding hydrogens is 339 g/mol. The Morgan fingerprint density at radius 2 is 1.19 bits per heavy atom. The predicted molar refractivity (Wildman–Crippen MR) is 112 cm³/mol. The molecule has 0 radical (unpaired) electrons. The number of carbonyl (C=O) groups excluding carboxylic acids is 1. The highest BCUT2D eigenvalue weighted by molar-refractivity contribution is 5.91. The molecule has 0 saturated heterocycles. The monoisotopic (exact) mass is 378 g/mol. The number of hydrogen-bond donors (Lipinski definition) is 0. The van der Waals surface area contributed by atoms with Gasteiger partial charge in [0, 0.05) is 0 Å². The maximum atomic E-state index is 12.9. The van der Waals surface area contributed by atoms with Gasteiger partial charge in [0.1, 0.15) is 5.75 Å². The first kappa shape index (κ1) is 23.7. The van der Waals surface area contributed by atoms with Crippen LogP contribution in [0.3, 0.4) is 0 Å². The molecule has 1 aromatic carbocycles. The molecule has 0 aromatic heterocycles. The molecule has 0 aliphatic heterocycles. The minimum absolute atomic E-state index is 0.0264. The Morgan fingerprint density at radius 3 is 1.67 bits per heavy atom. The van der Waals surface area contributed by atoms with Crippen molar-refractivity contribution in [1.82, 2.24) is 0 Å². The number of benzene rings is 1. The molecule has 1 rings (SSSR count). The normalized spacial score (nSPS) is 10.9. The van der Waals surface area contributed by atoms with Gasteiger partial charge in [0.2, 0.25) is 0 Å². The van der Waals surface area contributed by atoms with E-state index < -0.39 is 6.04 Å². The molecule has 0 spiro atoms. The third-order valence-electron chi connectivity index (χ3n) is 5.10. The van der Waals surface area contributed by atoms with Gasteiger partial charge < -0.3 is 4.74 Å². The van der Waals surface area contributed by atoms with Gasteiger partial charge in [0.05, 0.1) is 12.2 Å². The topological polar surface area (TPSA) is 26.3 Å². The molecule has 0 bridgehead atoms. The van der Waals surface area contributed by atoms with Gasteiger partial charge >= 0.3 is 6.04 Å². The van der Waals surface area contributed by atoms with Crippen LogP contribution in [-0.4, -0.2) is 12.6 Å². The van der Waals surface area contributed by atoms with Crippen molar-refractivity contribution in [3.8, 4) is 5.75 Å². The van der Waals surface area contributed by atoms with Crippen LogP contribution in [0.4, 0.5) is 4.39 Å². The lowest BCUT2D eigenvalue weighted by atomic mass is 10.0. The van der Waals surface area contributed by atoms with Gasteiger partial charge in [-0.15, -0.1) is 0 Å². The first-order valence-electron chi connectivity index (χ1n) is 11.2. The Hall–Kier alpha value is -1.38. The van der Waals surface area contributed by atoms with E-state index in [9.17, 15) is 9.18 Å². The minimum Gasteiger partial charge on any atom is -0.493 e. The number of halogens is 1. The van der Waals surface area contributed by atoms with Crippen molar-refractivity contribution in [2.75, 3.05) is 6.61 Å². The van der Waals surface area contributed by atoms with E-state index in [2.05, 4.69) is 6.92 Å². The van der Waals surface area contributed by atoms with E-state index in [4.69, 9.17) is 4.74 Å². The second kappa shape index (κ2) is 16.8. The lowest BCUT2D eigenvalue weighted by Gasteiger charge is -2.08. The van der Waals surface area contributed by atoms with E-state index in [1.54, 1.807) is 18.2 Å². The third kappa shape index (κ3) is 12.6. The predicted octanol–water partition coefficient (Wildman–Crippen LogP) is 8.05. The highest BCUT2D eigenvalue weighted by Gasteiger charge is 2.10. The first-order chi connectivity index (χ1) is 13.3. The third-order valence-corrected chi connectivity index (χ3v) is 5.10. The maximum absolute atomic E-state index is 12.9. The molecule has 0 N–H and O–H groups in total. The molecule has 0 heterocycles. The van der Waals surface area contributed by atoms with E-state index in [0.29, 0.717) is 12.4 Å². The Morgan fingerprint density at radius 1 is 0.741 bits per heavy atom. The van der Waals surface area contributed by atoms with Gasteiger partial charge in [0.25, 0.3) is 0 Å². The maximum Gasteiger partial charge on any atom is 0.335 e. The van der Waals surface area contributed by atoms with Crippen molar-refractivity contribution in [2.24, 2.45) is 0 Å². The molecule has 3 heteroatoms. The van der Waals surface area contributed by atoms with Crippen molar-refractivity contribution in [2.45, 2.75) is 103 Å².